The molecule has 0 bridgehead atoms. The second-order valence-corrected chi connectivity index (χ2v) is 11.9. The zero-order valence-corrected chi connectivity index (χ0v) is 26.5. The number of imidazole rings is 1. The summed E-state index contributed by atoms with van der Waals surface area (Å²) in [5, 5.41) is 2.24. The van der Waals surface area contributed by atoms with Gasteiger partial charge in [0.2, 0.25) is 0 Å². The minimum atomic E-state index is 0.824. The van der Waals surface area contributed by atoms with E-state index >= 15 is 0 Å². The van der Waals surface area contributed by atoms with E-state index in [1.54, 1.807) is 0 Å². The number of benzene rings is 5. The van der Waals surface area contributed by atoms with E-state index in [0.29, 0.717) is 0 Å². The highest BCUT2D eigenvalue weighted by Crippen LogP contribution is 2.39. The van der Waals surface area contributed by atoms with Crippen LogP contribution in [0.15, 0.2) is 176 Å². The van der Waals surface area contributed by atoms with E-state index < -0.39 is 0 Å². The van der Waals surface area contributed by atoms with Crippen LogP contribution in [0.5, 0.6) is 0 Å². The lowest BCUT2D eigenvalue weighted by molar-refractivity contribution is 1.20. The average Bonchev–Trinajstić information content (AvgIpc) is 3.59. The van der Waals surface area contributed by atoms with Crippen LogP contribution in [-0.2, 0) is 0 Å². The fourth-order valence-corrected chi connectivity index (χ4v) is 6.54. The van der Waals surface area contributed by atoms with E-state index in [-0.39, 0.29) is 0 Å². The lowest BCUT2D eigenvalue weighted by Crippen LogP contribution is -2.01. The van der Waals surface area contributed by atoms with Gasteiger partial charge in [-0.2, -0.15) is 0 Å². The second kappa shape index (κ2) is 12.1. The molecule has 0 aliphatic heterocycles. The summed E-state index contributed by atoms with van der Waals surface area (Å²) in [7, 11) is 0. The van der Waals surface area contributed by atoms with Gasteiger partial charge in [-0.1, -0.05) is 146 Å². The van der Waals surface area contributed by atoms with Crippen molar-refractivity contribution in [2.75, 3.05) is 0 Å². The maximum Gasteiger partial charge on any atom is 0.145 e. The van der Waals surface area contributed by atoms with Crippen molar-refractivity contribution in [3.8, 4) is 67.7 Å². The van der Waals surface area contributed by atoms with Crippen molar-refractivity contribution in [2.45, 2.75) is 0 Å². The summed E-state index contributed by atoms with van der Waals surface area (Å²) in [6.07, 6.45) is 3.92. The van der Waals surface area contributed by atoms with Crippen LogP contribution in [0.3, 0.4) is 0 Å². The van der Waals surface area contributed by atoms with Gasteiger partial charge in [0.1, 0.15) is 11.3 Å². The summed E-state index contributed by atoms with van der Waals surface area (Å²) in [6.45, 7) is 0. The second-order valence-electron chi connectivity index (χ2n) is 11.9. The highest BCUT2D eigenvalue weighted by Gasteiger charge is 2.21. The first-order chi connectivity index (χ1) is 24.3. The van der Waals surface area contributed by atoms with Crippen molar-refractivity contribution in [1.29, 1.82) is 0 Å². The molecule has 0 fully saturated rings. The lowest BCUT2D eigenvalue weighted by Gasteiger charge is -2.16. The summed E-state index contributed by atoms with van der Waals surface area (Å²) < 4.78 is 2.18. The monoisotopic (exact) mass is 627 g/mol. The molecular formula is C44H29N5. The third-order valence-electron chi connectivity index (χ3n) is 8.89. The molecule has 0 N–H and O–H groups in total. The number of nitrogens with zero attached hydrogens (tertiary/aromatic N) is 5. The quantitative estimate of drug-likeness (QED) is 0.184. The third-order valence-corrected chi connectivity index (χ3v) is 8.89. The molecule has 0 atom stereocenters. The average molecular weight is 628 g/mol. The Morgan fingerprint density at radius 1 is 0.367 bits per heavy atom. The summed E-state index contributed by atoms with van der Waals surface area (Å²) in [5.74, 6) is 0. The number of fused-ring (bicyclic) bond motifs is 3. The molecule has 0 aliphatic carbocycles. The molecule has 9 rings (SSSR count). The van der Waals surface area contributed by atoms with Gasteiger partial charge in [0.05, 0.1) is 34.2 Å². The zero-order valence-electron chi connectivity index (χ0n) is 26.5. The summed E-state index contributed by atoms with van der Waals surface area (Å²) in [4.78, 5) is 20.7. The summed E-state index contributed by atoms with van der Waals surface area (Å²) >= 11 is 0. The van der Waals surface area contributed by atoms with Gasteiger partial charge in [0.25, 0.3) is 0 Å². The Balaban J connectivity index is 1.25. The zero-order chi connectivity index (χ0) is 32.6. The fraction of sp³-hybridized carbons (Fsp3) is 0. The minimum Gasteiger partial charge on any atom is -0.298 e. The molecule has 0 aliphatic rings. The smallest absolute Gasteiger partial charge is 0.145 e. The molecule has 49 heavy (non-hydrogen) atoms. The normalized spacial score (nSPS) is 11.3. The molecule has 0 spiro atoms. The van der Waals surface area contributed by atoms with E-state index in [2.05, 4.69) is 102 Å². The van der Waals surface area contributed by atoms with Crippen LogP contribution < -0.4 is 0 Å². The Morgan fingerprint density at radius 2 is 0.857 bits per heavy atom. The SMILES string of the molecule is c1ccc(-c2nc(-c3ccccc3)c(-c3ccc(-c4c(-c5ccccn5)nc5c6ccccc6ccn45)cc3)nc2-c2ccccc2)cc1. The van der Waals surface area contributed by atoms with E-state index in [0.717, 1.165) is 84.1 Å². The van der Waals surface area contributed by atoms with Crippen LogP contribution in [0, 0.1) is 0 Å². The first-order valence-corrected chi connectivity index (χ1v) is 16.3. The van der Waals surface area contributed by atoms with Gasteiger partial charge < -0.3 is 0 Å². The lowest BCUT2D eigenvalue weighted by atomic mass is 9.98. The topological polar surface area (TPSA) is 56.0 Å². The van der Waals surface area contributed by atoms with Gasteiger partial charge in [0.15, 0.2) is 0 Å². The molecule has 0 saturated carbocycles. The molecule has 230 valence electrons. The van der Waals surface area contributed by atoms with Gasteiger partial charge in [-0.3, -0.25) is 9.38 Å². The van der Waals surface area contributed by atoms with Gasteiger partial charge in [-0.05, 0) is 23.6 Å². The first kappa shape index (κ1) is 28.5. The Labute approximate surface area is 283 Å². The largest absolute Gasteiger partial charge is 0.298 e. The Hall–Kier alpha value is -6.72. The van der Waals surface area contributed by atoms with E-state index in [4.69, 9.17) is 19.9 Å². The number of hydrogen-bond donors (Lipinski definition) is 0. The molecule has 4 aromatic heterocycles. The molecular weight excluding hydrogens is 599 g/mol. The number of hydrogen-bond acceptors (Lipinski definition) is 4. The van der Waals surface area contributed by atoms with E-state index in [9.17, 15) is 0 Å². The van der Waals surface area contributed by atoms with Crippen molar-refractivity contribution >= 4 is 16.4 Å². The Bertz CT molecular complexity index is 2560. The van der Waals surface area contributed by atoms with Gasteiger partial charge >= 0.3 is 0 Å². The molecule has 0 amide bonds. The number of rotatable bonds is 6. The van der Waals surface area contributed by atoms with Crippen LogP contribution >= 0.6 is 0 Å². The first-order valence-electron chi connectivity index (χ1n) is 16.3. The predicted octanol–water partition coefficient (Wildman–Crippen LogP) is 10.7. The van der Waals surface area contributed by atoms with Crippen LogP contribution in [0.25, 0.3) is 84.1 Å². The highest BCUT2D eigenvalue weighted by molar-refractivity contribution is 5.97. The minimum absolute atomic E-state index is 0.824. The maximum absolute atomic E-state index is 5.42. The van der Waals surface area contributed by atoms with Crippen molar-refractivity contribution < 1.29 is 0 Å². The predicted molar refractivity (Wildman–Crippen MR) is 199 cm³/mol. The van der Waals surface area contributed by atoms with Gasteiger partial charge in [-0.15, -0.1) is 0 Å². The molecule has 5 nitrogen and oxygen atoms in total. The van der Waals surface area contributed by atoms with E-state index in [1.165, 1.54) is 0 Å². The molecule has 5 heteroatoms. The molecule has 0 unspecified atom stereocenters. The van der Waals surface area contributed by atoms with Crippen molar-refractivity contribution in [1.82, 2.24) is 24.3 Å². The van der Waals surface area contributed by atoms with Gasteiger partial charge in [0, 0.05) is 45.6 Å². The standard InChI is InChI=1S/C44H29N5/c1-4-15-31(16-5-1)38-39(32-17-6-2-7-18-32)47-41(40(46-38)33-19-8-3-9-20-33)34-23-25-35(26-24-34)43-42(37-22-12-13-28-45-37)48-44-36-21-11-10-14-30(36)27-29-49(43)44/h1-29H. The Morgan fingerprint density at radius 3 is 1.41 bits per heavy atom. The third kappa shape index (κ3) is 5.14. The molecule has 5 aromatic carbocycles. The van der Waals surface area contributed by atoms with Crippen molar-refractivity contribution in [3.63, 3.8) is 0 Å². The molecule has 4 heterocycles. The van der Waals surface area contributed by atoms with E-state index in [1.807, 2.05) is 79.0 Å². The summed E-state index contributed by atoms with van der Waals surface area (Å²) in [5.41, 5.74) is 12.0. The van der Waals surface area contributed by atoms with Crippen LogP contribution in [0.1, 0.15) is 0 Å². The fourth-order valence-electron chi connectivity index (χ4n) is 6.54. The van der Waals surface area contributed by atoms with Crippen molar-refractivity contribution in [3.05, 3.63) is 176 Å². The van der Waals surface area contributed by atoms with Gasteiger partial charge in [-0.25, -0.2) is 15.0 Å². The molecule has 9 aromatic rings. The van der Waals surface area contributed by atoms with Crippen molar-refractivity contribution in [2.24, 2.45) is 0 Å². The highest BCUT2D eigenvalue weighted by atomic mass is 15.0. The van der Waals surface area contributed by atoms with Crippen LogP contribution in [-0.4, -0.2) is 24.3 Å². The Kier molecular flexibility index (Phi) is 7.06. The van der Waals surface area contributed by atoms with Crippen LogP contribution in [0.2, 0.25) is 0 Å². The van der Waals surface area contributed by atoms with Crippen LogP contribution in [0.4, 0.5) is 0 Å². The molecule has 0 saturated heterocycles. The molecule has 0 radical (unpaired) electrons. The maximum atomic E-state index is 5.42. The number of aromatic nitrogens is 5. The summed E-state index contributed by atoms with van der Waals surface area (Å²) in [6, 6.07) is 56.0. The number of pyridine rings is 2.